The fourth-order valence-electron chi connectivity index (χ4n) is 1.80. The average molecular weight is 214 g/mol. The van der Waals surface area contributed by atoms with E-state index in [-0.39, 0.29) is 18.3 Å². The molecule has 0 aromatic carbocycles. The van der Waals surface area contributed by atoms with Gasteiger partial charge in [0.05, 0.1) is 12.7 Å². The van der Waals surface area contributed by atoms with Crippen molar-refractivity contribution in [2.45, 2.75) is 44.5 Å². The molecule has 0 bridgehead atoms. The predicted molar refractivity (Wildman–Crippen MR) is 60.0 cm³/mol. The summed E-state index contributed by atoms with van der Waals surface area (Å²) in [6.07, 6.45) is 7.99. The van der Waals surface area contributed by atoms with Crippen LogP contribution in [0.2, 0.25) is 0 Å². The molecule has 3 heteroatoms. The van der Waals surface area contributed by atoms with Crippen molar-refractivity contribution in [2.24, 2.45) is 0 Å². The highest BCUT2D eigenvalue weighted by molar-refractivity contribution is 5.02. The number of hydrogen-bond acceptors (Lipinski definition) is 3. The van der Waals surface area contributed by atoms with Gasteiger partial charge in [-0.2, -0.15) is 0 Å². The Morgan fingerprint density at radius 1 is 1.27 bits per heavy atom. The molecule has 3 atom stereocenters. The molecule has 0 aromatic heterocycles. The monoisotopic (exact) mass is 214 g/mol. The number of unbranched alkanes of at least 4 members (excludes halogenated alkanes) is 1. The van der Waals surface area contributed by atoms with E-state index in [1.54, 1.807) is 14.2 Å². The standard InChI is InChI=1S/C12H22O3/c1-4-5-6-10-7-8-11(14-3)12(15-10)9-13-2/h7-8,10-12H,4-6,9H2,1-3H3/t10-,11+,12-/m1/s1. The van der Waals surface area contributed by atoms with E-state index in [9.17, 15) is 0 Å². The zero-order valence-electron chi connectivity index (χ0n) is 9.94. The largest absolute Gasteiger partial charge is 0.382 e. The predicted octanol–water partition coefficient (Wildman–Crippen LogP) is 2.16. The van der Waals surface area contributed by atoms with Crippen LogP contribution in [0.4, 0.5) is 0 Å². The summed E-state index contributed by atoms with van der Waals surface area (Å²) < 4.78 is 16.3. The third-order valence-corrected chi connectivity index (χ3v) is 2.68. The fourth-order valence-corrected chi connectivity index (χ4v) is 1.80. The normalized spacial score (nSPS) is 30.7. The smallest absolute Gasteiger partial charge is 0.111 e. The molecular weight excluding hydrogens is 192 g/mol. The van der Waals surface area contributed by atoms with Gasteiger partial charge in [-0.15, -0.1) is 0 Å². The number of hydrogen-bond donors (Lipinski definition) is 0. The molecule has 1 aliphatic rings. The first-order chi connectivity index (χ1) is 7.31. The molecule has 1 heterocycles. The topological polar surface area (TPSA) is 27.7 Å². The Kier molecular flexibility index (Phi) is 5.91. The van der Waals surface area contributed by atoms with Crippen LogP contribution < -0.4 is 0 Å². The number of methoxy groups -OCH3 is 2. The van der Waals surface area contributed by atoms with Crippen LogP contribution in [-0.2, 0) is 14.2 Å². The van der Waals surface area contributed by atoms with E-state index in [0.717, 1.165) is 6.42 Å². The van der Waals surface area contributed by atoms with Gasteiger partial charge >= 0.3 is 0 Å². The number of ether oxygens (including phenoxy) is 3. The molecule has 1 rings (SSSR count). The summed E-state index contributed by atoms with van der Waals surface area (Å²) >= 11 is 0. The molecule has 0 saturated carbocycles. The first-order valence-electron chi connectivity index (χ1n) is 5.67. The average Bonchev–Trinajstić information content (AvgIpc) is 2.27. The van der Waals surface area contributed by atoms with E-state index in [1.165, 1.54) is 12.8 Å². The fraction of sp³-hybridized carbons (Fsp3) is 0.833. The highest BCUT2D eigenvalue weighted by Gasteiger charge is 2.26. The quantitative estimate of drug-likeness (QED) is 0.634. The first kappa shape index (κ1) is 12.7. The Morgan fingerprint density at radius 3 is 2.67 bits per heavy atom. The van der Waals surface area contributed by atoms with Crippen molar-refractivity contribution in [3.05, 3.63) is 12.2 Å². The van der Waals surface area contributed by atoms with Gasteiger partial charge in [0.25, 0.3) is 0 Å². The van der Waals surface area contributed by atoms with Crippen LogP contribution in [0.15, 0.2) is 12.2 Å². The Bertz CT molecular complexity index is 191. The van der Waals surface area contributed by atoms with Crippen molar-refractivity contribution in [2.75, 3.05) is 20.8 Å². The van der Waals surface area contributed by atoms with Gasteiger partial charge in [0.15, 0.2) is 0 Å². The summed E-state index contributed by atoms with van der Waals surface area (Å²) in [5.41, 5.74) is 0. The summed E-state index contributed by atoms with van der Waals surface area (Å²) in [6, 6.07) is 0. The van der Waals surface area contributed by atoms with E-state index in [4.69, 9.17) is 14.2 Å². The van der Waals surface area contributed by atoms with Crippen molar-refractivity contribution in [3.63, 3.8) is 0 Å². The van der Waals surface area contributed by atoms with Crippen molar-refractivity contribution in [1.29, 1.82) is 0 Å². The first-order valence-corrected chi connectivity index (χ1v) is 5.67. The maximum atomic E-state index is 5.90. The maximum absolute atomic E-state index is 5.90. The zero-order chi connectivity index (χ0) is 11.1. The van der Waals surface area contributed by atoms with Crippen molar-refractivity contribution < 1.29 is 14.2 Å². The van der Waals surface area contributed by atoms with Crippen LogP contribution in [-0.4, -0.2) is 39.1 Å². The molecule has 0 spiro atoms. The molecule has 3 nitrogen and oxygen atoms in total. The summed E-state index contributed by atoms with van der Waals surface area (Å²) in [4.78, 5) is 0. The van der Waals surface area contributed by atoms with Gasteiger partial charge in [0.2, 0.25) is 0 Å². The molecule has 0 radical (unpaired) electrons. The molecule has 0 saturated heterocycles. The van der Waals surface area contributed by atoms with Crippen LogP contribution in [0.3, 0.4) is 0 Å². The van der Waals surface area contributed by atoms with Gasteiger partial charge in [-0.3, -0.25) is 0 Å². The van der Waals surface area contributed by atoms with Gasteiger partial charge in [0.1, 0.15) is 12.2 Å². The van der Waals surface area contributed by atoms with Gasteiger partial charge in [0, 0.05) is 14.2 Å². The van der Waals surface area contributed by atoms with Crippen LogP contribution >= 0.6 is 0 Å². The second-order valence-corrected chi connectivity index (χ2v) is 3.90. The van der Waals surface area contributed by atoms with Crippen LogP contribution in [0.25, 0.3) is 0 Å². The van der Waals surface area contributed by atoms with Crippen LogP contribution in [0.5, 0.6) is 0 Å². The Hall–Kier alpha value is -0.380. The third kappa shape index (κ3) is 3.93. The second kappa shape index (κ2) is 6.99. The lowest BCUT2D eigenvalue weighted by Gasteiger charge is -2.31. The van der Waals surface area contributed by atoms with E-state index in [0.29, 0.717) is 6.61 Å². The second-order valence-electron chi connectivity index (χ2n) is 3.90. The lowest BCUT2D eigenvalue weighted by molar-refractivity contribution is -0.0989. The molecule has 88 valence electrons. The maximum Gasteiger partial charge on any atom is 0.111 e. The van der Waals surface area contributed by atoms with Crippen LogP contribution in [0, 0.1) is 0 Å². The third-order valence-electron chi connectivity index (χ3n) is 2.68. The van der Waals surface area contributed by atoms with Gasteiger partial charge in [-0.1, -0.05) is 31.9 Å². The SMILES string of the molecule is CCCC[C@@H]1C=C[C@H](OC)[C@@H](COC)O1. The van der Waals surface area contributed by atoms with Gasteiger partial charge in [-0.05, 0) is 6.42 Å². The van der Waals surface area contributed by atoms with Crippen LogP contribution in [0.1, 0.15) is 26.2 Å². The molecule has 0 amide bonds. The Labute approximate surface area is 92.4 Å². The van der Waals surface area contributed by atoms with E-state index < -0.39 is 0 Å². The van der Waals surface area contributed by atoms with Gasteiger partial charge < -0.3 is 14.2 Å². The van der Waals surface area contributed by atoms with E-state index >= 15 is 0 Å². The lowest BCUT2D eigenvalue weighted by atomic mass is 10.1. The minimum absolute atomic E-state index is 0.0304. The highest BCUT2D eigenvalue weighted by Crippen LogP contribution is 2.19. The molecule has 0 unspecified atom stereocenters. The molecular formula is C12H22O3. The Balaban J connectivity index is 2.45. The number of rotatable bonds is 6. The Morgan fingerprint density at radius 2 is 2.07 bits per heavy atom. The molecule has 0 aromatic rings. The van der Waals surface area contributed by atoms with Gasteiger partial charge in [-0.25, -0.2) is 0 Å². The van der Waals surface area contributed by atoms with E-state index in [2.05, 4.69) is 19.1 Å². The van der Waals surface area contributed by atoms with Crippen molar-refractivity contribution in [3.8, 4) is 0 Å². The minimum atomic E-state index is 0.0304. The summed E-state index contributed by atoms with van der Waals surface area (Å²) in [6.45, 7) is 2.78. The molecule has 15 heavy (non-hydrogen) atoms. The molecule has 0 fully saturated rings. The molecule has 0 aliphatic carbocycles. The molecule has 1 aliphatic heterocycles. The summed E-state index contributed by atoms with van der Waals surface area (Å²) in [5, 5.41) is 0. The van der Waals surface area contributed by atoms with Crippen molar-refractivity contribution >= 4 is 0 Å². The van der Waals surface area contributed by atoms with E-state index in [1.807, 2.05) is 0 Å². The summed E-state index contributed by atoms with van der Waals surface area (Å²) in [5.74, 6) is 0. The summed E-state index contributed by atoms with van der Waals surface area (Å²) in [7, 11) is 3.39. The zero-order valence-corrected chi connectivity index (χ0v) is 9.94. The minimum Gasteiger partial charge on any atom is -0.382 e. The lowest BCUT2D eigenvalue weighted by Crippen LogP contribution is -2.39. The van der Waals surface area contributed by atoms with Crippen molar-refractivity contribution in [1.82, 2.24) is 0 Å². The highest BCUT2D eigenvalue weighted by atomic mass is 16.6. The molecule has 0 N–H and O–H groups in total.